The normalized spacial score (nSPS) is 11.9. The Balaban J connectivity index is 2.05. The van der Waals surface area contributed by atoms with Crippen LogP contribution in [0.15, 0.2) is 30.5 Å². The molecule has 0 aliphatic rings. The van der Waals surface area contributed by atoms with E-state index >= 15 is 0 Å². The summed E-state index contributed by atoms with van der Waals surface area (Å²) in [6.07, 6.45) is 1.76. The third-order valence-electron chi connectivity index (χ3n) is 3.03. The molecular weight excluding hydrogens is 278 g/mol. The SMILES string of the molecule is CN(C)S(=O)(=O)CCNC(=O)c1cccc2cc[nH]c12. The molecule has 2 N–H and O–H groups in total. The van der Waals surface area contributed by atoms with Crippen molar-refractivity contribution in [1.82, 2.24) is 14.6 Å². The molecule has 0 spiro atoms. The molecule has 20 heavy (non-hydrogen) atoms. The molecule has 1 aromatic heterocycles. The van der Waals surface area contributed by atoms with Gasteiger partial charge in [-0.15, -0.1) is 0 Å². The van der Waals surface area contributed by atoms with Crippen LogP contribution in [0.2, 0.25) is 0 Å². The number of sulfonamides is 1. The molecule has 0 aliphatic carbocycles. The minimum atomic E-state index is -3.30. The number of carbonyl (C=O) groups is 1. The lowest BCUT2D eigenvalue weighted by Gasteiger charge is -2.11. The topological polar surface area (TPSA) is 82.3 Å². The lowest BCUT2D eigenvalue weighted by atomic mass is 10.1. The molecule has 6 nitrogen and oxygen atoms in total. The van der Waals surface area contributed by atoms with Crippen molar-refractivity contribution in [3.8, 4) is 0 Å². The van der Waals surface area contributed by atoms with Crippen LogP contribution in [0, 0.1) is 0 Å². The molecule has 1 amide bonds. The highest BCUT2D eigenvalue weighted by Gasteiger charge is 2.15. The number of rotatable bonds is 5. The molecule has 1 heterocycles. The number of hydrogen-bond acceptors (Lipinski definition) is 3. The first-order chi connectivity index (χ1) is 9.42. The van der Waals surface area contributed by atoms with Gasteiger partial charge < -0.3 is 10.3 Å². The predicted molar refractivity (Wildman–Crippen MR) is 78.1 cm³/mol. The summed E-state index contributed by atoms with van der Waals surface area (Å²) in [5, 5.41) is 3.57. The van der Waals surface area contributed by atoms with E-state index in [4.69, 9.17) is 0 Å². The first-order valence-corrected chi connectivity index (χ1v) is 7.77. The van der Waals surface area contributed by atoms with Crippen LogP contribution in [-0.4, -0.2) is 50.0 Å². The van der Waals surface area contributed by atoms with Crippen molar-refractivity contribution < 1.29 is 13.2 Å². The Kier molecular flexibility index (Phi) is 4.10. The van der Waals surface area contributed by atoms with E-state index in [-0.39, 0.29) is 18.2 Å². The highest BCUT2D eigenvalue weighted by molar-refractivity contribution is 7.89. The van der Waals surface area contributed by atoms with Gasteiger partial charge in [-0.3, -0.25) is 4.79 Å². The largest absolute Gasteiger partial charge is 0.361 e. The van der Waals surface area contributed by atoms with E-state index in [0.717, 1.165) is 15.2 Å². The average Bonchev–Trinajstić information content (AvgIpc) is 2.86. The number of benzene rings is 1. The van der Waals surface area contributed by atoms with Crippen molar-refractivity contribution in [1.29, 1.82) is 0 Å². The average molecular weight is 295 g/mol. The summed E-state index contributed by atoms with van der Waals surface area (Å²) in [4.78, 5) is 15.1. The maximum absolute atomic E-state index is 12.1. The quantitative estimate of drug-likeness (QED) is 0.855. The summed E-state index contributed by atoms with van der Waals surface area (Å²) in [5.74, 6) is -0.404. The van der Waals surface area contributed by atoms with Crippen molar-refractivity contribution in [3.63, 3.8) is 0 Å². The molecule has 0 atom stereocenters. The Bertz CT molecular complexity index is 719. The van der Waals surface area contributed by atoms with Gasteiger partial charge in [0, 0.05) is 32.2 Å². The van der Waals surface area contributed by atoms with Crippen LogP contribution < -0.4 is 5.32 Å². The van der Waals surface area contributed by atoms with E-state index in [0.29, 0.717) is 5.56 Å². The molecule has 0 saturated carbocycles. The Morgan fingerprint density at radius 1 is 1.30 bits per heavy atom. The molecule has 0 radical (unpaired) electrons. The van der Waals surface area contributed by atoms with Crippen LogP contribution in [-0.2, 0) is 10.0 Å². The van der Waals surface area contributed by atoms with E-state index in [9.17, 15) is 13.2 Å². The molecule has 0 saturated heterocycles. The number of para-hydroxylation sites is 1. The van der Waals surface area contributed by atoms with Gasteiger partial charge in [-0.25, -0.2) is 12.7 Å². The van der Waals surface area contributed by atoms with E-state index in [1.807, 2.05) is 12.1 Å². The number of aromatic amines is 1. The Labute approximate surface area is 117 Å². The second-order valence-corrected chi connectivity index (χ2v) is 6.90. The van der Waals surface area contributed by atoms with Crippen LogP contribution in [0.4, 0.5) is 0 Å². The molecule has 0 unspecified atom stereocenters. The monoisotopic (exact) mass is 295 g/mol. The van der Waals surface area contributed by atoms with Crippen LogP contribution in [0.5, 0.6) is 0 Å². The summed E-state index contributed by atoms with van der Waals surface area (Å²) < 4.78 is 24.3. The third kappa shape index (κ3) is 3.00. The summed E-state index contributed by atoms with van der Waals surface area (Å²) in [6.45, 7) is 0.0798. The van der Waals surface area contributed by atoms with Crippen LogP contribution in [0.3, 0.4) is 0 Å². The molecule has 0 aliphatic heterocycles. The van der Waals surface area contributed by atoms with Crippen molar-refractivity contribution >= 4 is 26.8 Å². The zero-order valence-electron chi connectivity index (χ0n) is 11.4. The molecule has 0 fully saturated rings. The number of amides is 1. The first kappa shape index (κ1) is 14.5. The number of aromatic nitrogens is 1. The van der Waals surface area contributed by atoms with Gasteiger partial charge in [0.2, 0.25) is 10.0 Å². The van der Waals surface area contributed by atoms with Gasteiger partial charge in [0.05, 0.1) is 16.8 Å². The molecular formula is C13H17N3O3S. The minimum Gasteiger partial charge on any atom is -0.361 e. The van der Waals surface area contributed by atoms with Gasteiger partial charge in [-0.1, -0.05) is 12.1 Å². The van der Waals surface area contributed by atoms with E-state index in [1.165, 1.54) is 14.1 Å². The maximum Gasteiger partial charge on any atom is 0.253 e. The summed E-state index contributed by atoms with van der Waals surface area (Å²) >= 11 is 0. The van der Waals surface area contributed by atoms with Crippen LogP contribution in [0.1, 0.15) is 10.4 Å². The molecule has 0 bridgehead atoms. The second-order valence-electron chi connectivity index (χ2n) is 4.60. The predicted octanol–water partition coefficient (Wildman–Crippen LogP) is 0.789. The minimum absolute atomic E-state index is 0.0798. The summed E-state index contributed by atoms with van der Waals surface area (Å²) in [5.41, 5.74) is 1.26. The standard InChI is InChI=1S/C13H17N3O3S/c1-16(2)20(18,19)9-8-15-13(17)11-5-3-4-10-6-7-14-12(10)11/h3-7,14H,8-9H2,1-2H3,(H,15,17). The number of nitrogens with one attached hydrogen (secondary N) is 2. The van der Waals surface area contributed by atoms with E-state index in [1.54, 1.807) is 18.3 Å². The van der Waals surface area contributed by atoms with Gasteiger partial charge in [-0.05, 0) is 12.1 Å². The third-order valence-corrected chi connectivity index (χ3v) is 4.87. The zero-order valence-corrected chi connectivity index (χ0v) is 12.2. The lowest BCUT2D eigenvalue weighted by Crippen LogP contribution is -2.34. The second kappa shape index (κ2) is 5.64. The molecule has 2 rings (SSSR count). The van der Waals surface area contributed by atoms with Crippen molar-refractivity contribution in [3.05, 3.63) is 36.0 Å². The van der Waals surface area contributed by atoms with Crippen LogP contribution >= 0.6 is 0 Å². The summed E-state index contributed by atoms with van der Waals surface area (Å²) in [6, 6.07) is 7.28. The van der Waals surface area contributed by atoms with E-state index < -0.39 is 10.0 Å². The first-order valence-electron chi connectivity index (χ1n) is 6.16. The number of H-pyrrole nitrogens is 1. The number of hydrogen-bond donors (Lipinski definition) is 2. The highest BCUT2D eigenvalue weighted by Crippen LogP contribution is 2.16. The maximum atomic E-state index is 12.1. The molecule has 1 aromatic carbocycles. The fraction of sp³-hybridized carbons (Fsp3) is 0.308. The zero-order chi connectivity index (χ0) is 14.8. The van der Waals surface area contributed by atoms with Gasteiger partial charge in [0.25, 0.3) is 5.91 Å². The highest BCUT2D eigenvalue weighted by atomic mass is 32.2. The number of carbonyl (C=O) groups excluding carboxylic acids is 1. The fourth-order valence-electron chi connectivity index (χ4n) is 1.85. The van der Waals surface area contributed by atoms with Gasteiger partial charge in [0.15, 0.2) is 0 Å². The van der Waals surface area contributed by atoms with Crippen molar-refractivity contribution in [2.75, 3.05) is 26.4 Å². The van der Waals surface area contributed by atoms with Crippen LogP contribution in [0.25, 0.3) is 10.9 Å². The Morgan fingerprint density at radius 3 is 2.75 bits per heavy atom. The molecule has 2 aromatic rings. The Hall–Kier alpha value is -1.86. The molecule has 7 heteroatoms. The Morgan fingerprint density at radius 2 is 2.05 bits per heavy atom. The van der Waals surface area contributed by atoms with E-state index in [2.05, 4.69) is 10.3 Å². The number of nitrogens with zero attached hydrogens (tertiary/aromatic N) is 1. The smallest absolute Gasteiger partial charge is 0.253 e. The van der Waals surface area contributed by atoms with Gasteiger partial charge >= 0.3 is 0 Å². The fourth-order valence-corrected chi connectivity index (χ4v) is 2.57. The lowest BCUT2D eigenvalue weighted by molar-refractivity contribution is 0.0957. The summed E-state index contributed by atoms with van der Waals surface area (Å²) in [7, 11) is -0.359. The van der Waals surface area contributed by atoms with Gasteiger partial charge in [-0.2, -0.15) is 0 Å². The number of fused-ring (bicyclic) bond motifs is 1. The van der Waals surface area contributed by atoms with Crippen molar-refractivity contribution in [2.45, 2.75) is 0 Å². The van der Waals surface area contributed by atoms with Gasteiger partial charge in [0.1, 0.15) is 0 Å². The van der Waals surface area contributed by atoms with Crippen molar-refractivity contribution in [2.24, 2.45) is 0 Å². The molecule has 108 valence electrons.